The van der Waals surface area contributed by atoms with Gasteiger partial charge < -0.3 is 15.3 Å². The van der Waals surface area contributed by atoms with E-state index in [1.54, 1.807) is 12.4 Å². The number of aromatic nitrogens is 2. The average Bonchev–Trinajstić information content (AvgIpc) is 3.26. The summed E-state index contributed by atoms with van der Waals surface area (Å²) in [6.45, 7) is -0.100. The summed E-state index contributed by atoms with van der Waals surface area (Å²) in [6.07, 6.45) is 5.47. The Hall–Kier alpha value is -2.03. The van der Waals surface area contributed by atoms with Gasteiger partial charge in [-0.05, 0) is 43.1 Å². The van der Waals surface area contributed by atoms with Gasteiger partial charge in [0.25, 0.3) is 5.92 Å². The van der Waals surface area contributed by atoms with E-state index in [0.29, 0.717) is 25.7 Å². The molecule has 1 aliphatic heterocycles. The Kier molecular flexibility index (Phi) is 3.85. The average molecular weight is 394 g/mol. The molecule has 1 saturated heterocycles. The molecule has 4 saturated carbocycles. The number of H-pyrrole nitrogens is 1. The molecular weight excluding hydrogens is 370 g/mol. The molecule has 1 aromatic rings. The molecular formula is C19H24F2N4O3. The summed E-state index contributed by atoms with van der Waals surface area (Å²) in [4.78, 5) is 26.8. The zero-order valence-corrected chi connectivity index (χ0v) is 15.4. The summed E-state index contributed by atoms with van der Waals surface area (Å²) in [5, 5.41) is 19.1. The van der Waals surface area contributed by atoms with E-state index in [9.17, 15) is 23.5 Å². The van der Waals surface area contributed by atoms with Gasteiger partial charge in [-0.1, -0.05) is 0 Å². The van der Waals surface area contributed by atoms with Crippen molar-refractivity contribution in [2.24, 2.45) is 23.2 Å². The van der Waals surface area contributed by atoms with Crippen molar-refractivity contribution in [1.82, 2.24) is 20.4 Å². The van der Waals surface area contributed by atoms with Crippen molar-refractivity contribution >= 4 is 11.8 Å². The smallest absolute Gasteiger partial charge is 0.265 e. The fourth-order valence-electron chi connectivity index (χ4n) is 6.19. The molecule has 4 atom stereocenters. The Morgan fingerprint density at radius 3 is 2.64 bits per heavy atom. The van der Waals surface area contributed by atoms with Gasteiger partial charge in [0.2, 0.25) is 11.8 Å². The molecule has 0 radical (unpaired) electrons. The molecule has 5 aliphatic rings. The van der Waals surface area contributed by atoms with E-state index >= 15 is 0 Å². The van der Waals surface area contributed by atoms with Crippen LogP contribution in [0.15, 0.2) is 12.4 Å². The summed E-state index contributed by atoms with van der Waals surface area (Å²) in [5.41, 5.74) is -0.612. The van der Waals surface area contributed by atoms with Crippen LogP contribution in [-0.2, 0) is 16.0 Å². The van der Waals surface area contributed by atoms with Crippen LogP contribution in [0.5, 0.6) is 0 Å². The summed E-state index contributed by atoms with van der Waals surface area (Å²) in [5.74, 6) is -4.69. The highest BCUT2D eigenvalue weighted by molar-refractivity contribution is 5.90. The second-order valence-corrected chi connectivity index (χ2v) is 8.77. The van der Waals surface area contributed by atoms with Gasteiger partial charge in [-0.15, -0.1) is 0 Å². The molecule has 9 heteroatoms. The zero-order chi connectivity index (χ0) is 19.7. The minimum atomic E-state index is -2.94. The first-order valence-electron chi connectivity index (χ1n) is 9.96. The van der Waals surface area contributed by atoms with Crippen molar-refractivity contribution in [3.63, 3.8) is 0 Å². The van der Waals surface area contributed by atoms with Gasteiger partial charge in [-0.25, -0.2) is 8.78 Å². The number of aliphatic hydroxyl groups is 1. The van der Waals surface area contributed by atoms with Crippen LogP contribution in [0.1, 0.15) is 31.2 Å². The molecule has 4 bridgehead atoms. The molecule has 2 heterocycles. The maximum Gasteiger partial charge on any atom is 0.265 e. The number of carbonyl (C=O) groups is 2. The number of hydrogen-bond acceptors (Lipinski definition) is 4. The molecule has 0 aromatic carbocycles. The summed E-state index contributed by atoms with van der Waals surface area (Å²) in [6, 6.07) is -0.840. The standard InChI is InChI=1S/C19H24F2N4O3/c20-19(21)11-3-14-15(4-11)18(14,19)17(28)25-8-12(5-13(25)9-26)24-16(27)2-1-10-6-22-23-7-10/h6-7,11-15,26H,1-5,8-9H2,(H,22,23)(H,24,27)/t11?,12-,13-,14?,15?,18?/m0/s1. The van der Waals surface area contributed by atoms with Crippen LogP contribution in [-0.4, -0.2) is 63.2 Å². The normalized spacial score (nSPS) is 39.4. The third-order valence-corrected chi connectivity index (χ3v) is 7.49. The maximum absolute atomic E-state index is 14.8. The quantitative estimate of drug-likeness (QED) is 0.662. The van der Waals surface area contributed by atoms with E-state index in [1.165, 1.54) is 4.90 Å². The SMILES string of the molecule is O=C(CCc1cn[nH]c1)N[C@H]1C[C@@H](CO)N(C(=O)C23C4CC(CC42)C3(F)F)C1. The Morgan fingerprint density at radius 2 is 2.07 bits per heavy atom. The predicted molar refractivity (Wildman–Crippen MR) is 93.1 cm³/mol. The number of likely N-dealkylation sites (tertiary alicyclic amines) is 1. The Balaban J connectivity index is 1.23. The number of nitrogens with zero attached hydrogens (tertiary/aromatic N) is 2. The van der Waals surface area contributed by atoms with Crippen molar-refractivity contribution in [2.75, 3.05) is 13.2 Å². The Labute approximate surface area is 160 Å². The van der Waals surface area contributed by atoms with Crippen LogP contribution in [0, 0.1) is 23.2 Å². The Bertz CT molecular complexity index is 787. The van der Waals surface area contributed by atoms with Gasteiger partial charge in [-0.2, -0.15) is 5.10 Å². The second-order valence-electron chi connectivity index (χ2n) is 8.77. The first kappa shape index (κ1) is 18.0. The number of hydrogen-bond donors (Lipinski definition) is 3. The van der Waals surface area contributed by atoms with Crippen LogP contribution in [0.25, 0.3) is 0 Å². The number of carbonyl (C=O) groups excluding carboxylic acids is 2. The summed E-state index contributed by atoms with van der Waals surface area (Å²) < 4.78 is 29.5. The molecule has 5 fully saturated rings. The van der Waals surface area contributed by atoms with Gasteiger partial charge in [-0.3, -0.25) is 14.7 Å². The molecule has 1 aromatic heterocycles. The zero-order valence-electron chi connectivity index (χ0n) is 15.4. The van der Waals surface area contributed by atoms with E-state index < -0.39 is 29.2 Å². The Morgan fingerprint density at radius 1 is 1.32 bits per heavy atom. The van der Waals surface area contributed by atoms with Crippen LogP contribution in [0.3, 0.4) is 0 Å². The van der Waals surface area contributed by atoms with Crippen molar-refractivity contribution in [3.8, 4) is 0 Å². The van der Waals surface area contributed by atoms with Crippen molar-refractivity contribution in [1.29, 1.82) is 0 Å². The van der Waals surface area contributed by atoms with E-state index in [-0.39, 0.29) is 43.4 Å². The fraction of sp³-hybridized carbons (Fsp3) is 0.737. The summed E-state index contributed by atoms with van der Waals surface area (Å²) >= 11 is 0. The van der Waals surface area contributed by atoms with E-state index in [0.717, 1.165) is 5.56 Å². The lowest BCUT2D eigenvalue weighted by molar-refractivity contribution is -0.156. The highest BCUT2D eigenvalue weighted by Crippen LogP contribution is 2.85. The predicted octanol–water partition coefficient (Wildman–Crippen LogP) is 0.712. The van der Waals surface area contributed by atoms with E-state index in [2.05, 4.69) is 15.5 Å². The van der Waals surface area contributed by atoms with Crippen LogP contribution >= 0.6 is 0 Å². The minimum Gasteiger partial charge on any atom is -0.394 e. The first-order chi connectivity index (χ1) is 13.4. The minimum absolute atomic E-state index is 0.159. The first-order valence-corrected chi connectivity index (χ1v) is 9.96. The van der Waals surface area contributed by atoms with Gasteiger partial charge in [0.1, 0.15) is 5.41 Å². The molecule has 28 heavy (non-hydrogen) atoms. The van der Waals surface area contributed by atoms with Crippen molar-refractivity contribution in [3.05, 3.63) is 18.0 Å². The lowest BCUT2D eigenvalue weighted by Crippen LogP contribution is -2.49. The number of alkyl halides is 2. The molecule has 2 amide bonds. The maximum atomic E-state index is 14.8. The van der Waals surface area contributed by atoms with Crippen LogP contribution in [0.2, 0.25) is 0 Å². The molecule has 2 unspecified atom stereocenters. The largest absolute Gasteiger partial charge is 0.394 e. The highest BCUT2D eigenvalue weighted by Gasteiger charge is 2.92. The lowest BCUT2D eigenvalue weighted by atomic mass is 9.97. The van der Waals surface area contributed by atoms with E-state index in [1.807, 2.05) is 0 Å². The lowest BCUT2D eigenvalue weighted by Gasteiger charge is -2.30. The third-order valence-electron chi connectivity index (χ3n) is 7.49. The van der Waals surface area contributed by atoms with Crippen LogP contribution in [0.4, 0.5) is 8.78 Å². The number of halogens is 2. The number of amides is 2. The third kappa shape index (κ3) is 2.25. The molecule has 3 N–H and O–H groups in total. The number of rotatable bonds is 6. The molecule has 4 aliphatic carbocycles. The number of nitrogens with one attached hydrogen (secondary N) is 2. The second kappa shape index (κ2) is 5.98. The fourth-order valence-corrected chi connectivity index (χ4v) is 6.19. The van der Waals surface area contributed by atoms with Gasteiger partial charge in [0.05, 0.1) is 18.8 Å². The monoisotopic (exact) mass is 394 g/mol. The van der Waals surface area contributed by atoms with Gasteiger partial charge in [0, 0.05) is 31.1 Å². The molecule has 7 nitrogen and oxygen atoms in total. The van der Waals surface area contributed by atoms with Gasteiger partial charge >= 0.3 is 0 Å². The highest BCUT2D eigenvalue weighted by atomic mass is 19.3. The summed E-state index contributed by atoms with van der Waals surface area (Å²) in [7, 11) is 0. The van der Waals surface area contributed by atoms with Crippen molar-refractivity contribution in [2.45, 2.75) is 50.1 Å². The van der Waals surface area contributed by atoms with Crippen molar-refractivity contribution < 1.29 is 23.5 Å². The van der Waals surface area contributed by atoms with Crippen LogP contribution < -0.4 is 5.32 Å². The molecule has 152 valence electrons. The number of aryl methyl sites for hydroxylation is 1. The number of aliphatic hydroxyl groups excluding tert-OH is 1. The van der Waals surface area contributed by atoms with E-state index in [4.69, 9.17) is 0 Å². The molecule has 6 rings (SSSR count). The topological polar surface area (TPSA) is 98.3 Å². The van der Waals surface area contributed by atoms with Gasteiger partial charge in [0.15, 0.2) is 0 Å². The molecule has 0 spiro atoms. The number of aromatic amines is 1.